The lowest BCUT2D eigenvalue weighted by molar-refractivity contribution is -0.115. The van der Waals surface area contributed by atoms with Crippen molar-refractivity contribution in [2.24, 2.45) is 5.14 Å². The highest BCUT2D eigenvalue weighted by atomic mass is 32.2. The standard InChI is InChI=1S/C21H21N3O6S2/c1-13-8-9-15(10-19(13)32(22,27)28)20(26)30-11-16-12-31-21(23-16)24(14(2)25)17-6-4-5-7-18(17)29-3/h4-10,12H,11H2,1-3H3,(H2,22,27,28). The number of carbonyl (C=O) groups is 2. The molecule has 0 fully saturated rings. The van der Waals surface area contributed by atoms with Gasteiger partial charge in [0.15, 0.2) is 5.13 Å². The molecule has 0 aliphatic rings. The number of rotatable bonds is 7. The van der Waals surface area contributed by atoms with Gasteiger partial charge in [0.25, 0.3) is 0 Å². The van der Waals surface area contributed by atoms with Crippen molar-refractivity contribution < 1.29 is 27.5 Å². The molecule has 9 nitrogen and oxygen atoms in total. The van der Waals surface area contributed by atoms with Crippen LogP contribution in [0.25, 0.3) is 0 Å². The molecule has 11 heteroatoms. The molecule has 0 unspecified atom stereocenters. The van der Waals surface area contributed by atoms with E-state index in [-0.39, 0.29) is 23.0 Å². The minimum Gasteiger partial charge on any atom is -0.495 e. The highest BCUT2D eigenvalue weighted by molar-refractivity contribution is 7.89. The van der Waals surface area contributed by atoms with Gasteiger partial charge in [-0.2, -0.15) is 0 Å². The summed E-state index contributed by atoms with van der Waals surface area (Å²) >= 11 is 1.21. The predicted octanol–water partition coefficient (Wildman–Crippen LogP) is 3.15. The normalized spacial score (nSPS) is 11.1. The third-order valence-corrected chi connectivity index (χ3v) is 6.38. The number of anilines is 2. The first kappa shape index (κ1) is 23.4. The van der Waals surface area contributed by atoms with Gasteiger partial charge >= 0.3 is 5.97 Å². The number of methoxy groups -OCH3 is 1. The Morgan fingerprint density at radius 1 is 1.19 bits per heavy atom. The molecule has 0 saturated carbocycles. The fraction of sp³-hybridized carbons (Fsp3) is 0.190. The largest absolute Gasteiger partial charge is 0.495 e. The summed E-state index contributed by atoms with van der Waals surface area (Å²) in [7, 11) is -2.46. The molecule has 0 saturated heterocycles. The second kappa shape index (κ2) is 9.47. The van der Waals surface area contributed by atoms with Crippen molar-refractivity contribution in [1.29, 1.82) is 0 Å². The monoisotopic (exact) mass is 475 g/mol. The molecule has 0 aliphatic heterocycles. The molecule has 3 rings (SSSR count). The van der Waals surface area contributed by atoms with Crippen molar-refractivity contribution in [2.75, 3.05) is 12.0 Å². The third-order valence-electron chi connectivity index (χ3n) is 4.45. The zero-order valence-electron chi connectivity index (χ0n) is 17.6. The van der Waals surface area contributed by atoms with Crippen LogP contribution in [0, 0.1) is 6.92 Å². The first-order chi connectivity index (χ1) is 15.1. The zero-order chi connectivity index (χ0) is 23.5. The van der Waals surface area contributed by atoms with Crippen LogP contribution >= 0.6 is 11.3 Å². The average molecular weight is 476 g/mol. The maximum atomic E-state index is 12.4. The number of sulfonamides is 1. The number of nitrogens with two attached hydrogens (primary N) is 1. The maximum absolute atomic E-state index is 12.4. The summed E-state index contributed by atoms with van der Waals surface area (Å²) in [6.45, 7) is 2.83. The maximum Gasteiger partial charge on any atom is 0.338 e. The van der Waals surface area contributed by atoms with Gasteiger partial charge in [-0.15, -0.1) is 11.3 Å². The summed E-state index contributed by atoms with van der Waals surface area (Å²) in [6.07, 6.45) is 0. The summed E-state index contributed by atoms with van der Waals surface area (Å²) < 4.78 is 33.9. The summed E-state index contributed by atoms with van der Waals surface area (Å²) in [5, 5.41) is 7.24. The van der Waals surface area contributed by atoms with Crippen LogP contribution in [0.1, 0.15) is 28.5 Å². The Bertz CT molecular complexity index is 1270. The van der Waals surface area contributed by atoms with Crippen molar-refractivity contribution in [3.05, 3.63) is 64.7 Å². The summed E-state index contributed by atoms with van der Waals surface area (Å²) in [6, 6.07) is 11.2. The Morgan fingerprint density at radius 2 is 1.91 bits per heavy atom. The van der Waals surface area contributed by atoms with E-state index in [1.165, 1.54) is 48.5 Å². The molecule has 2 aromatic carbocycles. The zero-order valence-corrected chi connectivity index (χ0v) is 19.2. The fourth-order valence-corrected chi connectivity index (χ4v) is 4.62. The number of esters is 1. The van der Waals surface area contributed by atoms with Gasteiger partial charge in [-0.1, -0.05) is 18.2 Å². The summed E-state index contributed by atoms with van der Waals surface area (Å²) in [4.78, 5) is 30.4. The van der Waals surface area contributed by atoms with Crippen LogP contribution in [0.15, 0.2) is 52.7 Å². The average Bonchev–Trinajstić information content (AvgIpc) is 3.20. The van der Waals surface area contributed by atoms with Gasteiger partial charge in [0.05, 0.1) is 29.0 Å². The van der Waals surface area contributed by atoms with E-state index in [4.69, 9.17) is 14.6 Å². The molecule has 0 atom stereocenters. The second-order valence-corrected chi connectivity index (χ2v) is 9.12. The quantitative estimate of drug-likeness (QED) is 0.520. The molecule has 1 aromatic heterocycles. The Hall–Kier alpha value is -3.28. The smallest absolute Gasteiger partial charge is 0.338 e. The Morgan fingerprint density at radius 3 is 2.56 bits per heavy atom. The van der Waals surface area contributed by atoms with Crippen molar-refractivity contribution in [2.45, 2.75) is 25.3 Å². The van der Waals surface area contributed by atoms with Gasteiger partial charge in [0.2, 0.25) is 15.9 Å². The van der Waals surface area contributed by atoms with Crippen LogP contribution in [-0.4, -0.2) is 32.4 Å². The van der Waals surface area contributed by atoms with Crippen molar-refractivity contribution in [3.63, 3.8) is 0 Å². The number of benzene rings is 2. The van der Waals surface area contributed by atoms with Gasteiger partial charge in [0.1, 0.15) is 12.4 Å². The molecule has 168 valence electrons. The van der Waals surface area contributed by atoms with E-state index in [1.807, 2.05) is 0 Å². The summed E-state index contributed by atoms with van der Waals surface area (Å²) in [5.74, 6) is -0.476. The van der Waals surface area contributed by atoms with E-state index >= 15 is 0 Å². The van der Waals surface area contributed by atoms with E-state index in [1.54, 1.807) is 36.6 Å². The number of primary sulfonamides is 1. The van der Waals surface area contributed by atoms with E-state index in [0.29, 0.717) is 27.8 Å². The number of thiazole rings is 1. The molecule has 32 heavy (non-hydrogen) atoms. The topological polar surface area (TPSA) is 129 Å². The van der Waals surface area contributed by atoms with Gasteiger partial charge in [0, 0.05) is 12.3 Å². The highest BCUT2D eigenvalue weighted by Crippen LogP contribution is 2.35. The molecular formula is C21H21N3O6S2. The molecule has 1 heterocycles. The van der Waals surface area contributed by atoms with E-state index in [9.17, 15) is 18.0 Å². The van der Waals surface area contributed by atoms with E-state index in [0.717, 1.165) is 0 Å². The van der Waals surface area contributed by atoms with E-state index in [2.05, 4.69) is 4.98 Å². The molecule has 0 spiro atoms. The number of aryl methyl sites for hydroxylation is 1. The fourth-order valence-electron chi connectivity index (χ4n) is 2.94. The number of hydrogen-bond donors (Lipinski definition) is 1. The van der Waals surface area contributed by atoms with Gasteiger partial charge < -0.3 is 9.47 Å². The van der Waals surface area contributed by atoms with Crippen molar-refractivity contribution in [1.82, 2.24) is 4.98 Å². The van der Waals surface area contributed by atoms with Crippen LogP contribution in [0.2, 0.25) is 0 Å². The lowest BCUT2D eigenvalue weighted by atomic mass is 10.1. The number of carbonyl (C=O) groups excluding carboxylic acids is 2. The number of hydrogen-bond acceptors (Lipinski definition) is 8. The molecule has 1 amide bonds. The number of nitrogens with zero attached hydrogens (tertiary/aromatic N) is 2. The van der Waals surface area contributed by atoms with Crippen LogP contribution < -0.4 is 14.8 Å². The third kappa shape index (κ3) is 5.13. The molecular weight excluding hydrogens is 454 g/mol. The van der Waals surface area contributed by atoms with Crippen molar-refractivity contribution >= 4 is 44.1 Å². The number of aromatic nitrogens is 1. The van der Waals surface area contributed by atoms with Crippen molar-refractivity contribution in [3.8, 4) is 5.75 Å². The highest BCUT2D eigenvalue weighted by Gasteiger charge is 2.22. The molecule has 3 aromatic rings. The first-order valence-electron chi connectivity index (χ1n) is 9.30. The van der Waals surface area contributed by atoms with E-state index < -0.39 is 16.0 Å². The van der Waals surface area contributed by atoms with Crippen LogP contribution in [0.4, 0.5) is 10.8 Å². The van der Waals surface area contributed by atoms with Crippen LogP contribution in [-0.2, 0) is 26.2 Å². The Kier molecular flexibility index (Phi) is 6.92. The Labute approximate surface area is 189 Å². The van der Waals surface area contributed by atoms with Crippen LogP contribution in [0.3, 0.4) is 0 Å². The number of amides is 1. The lowest BCUT2D eigenvalue weighted by Gasteiger charge is -2.20. The molecule has 0 bridgehead atoms. The molecule has 2 N–H and O–H groups in total. The van der Waals surface area contributed by atoms with Crippen LogP contribution in [0.5, 0.6) is 5.75 Å². The SMILES string of the molecule is COc1ccccc1N(C(C)=O)c1nc(COC(=O)c2ccc(C)c(S(N)(=O)=O)c2)cs1. The number of para-hydroxylation sites is 2. The van der Waals surface area contributed by atoms with Gasteiger partial charge in [-0.05, 0) is 36.8 Å². The van der Waals surface area contributed by atoms with Gasteiger partial charge in [-0.3, -0.25) is 9.69 Å². The number of ether oxygens (including phenoxy) is 2. The summed E-state index contributed by atoms with van der Waals surface area (Å²) in [5.41, 5.74) is 1.44. The molecule has 0 aliphatic carbocycles. The Balaban J connectivity index is 1.78. The minimum atomic E-state index is -3.97. The minimum absolute atomic E-state index is 0.0504. The molecule has 0 radical (unpaired) electrons. The second-order valence-electron chi connectivity index (χ2n) is 6.75. The lowest BCUT2D eigenvalue weighted by Crippen LogP contribution is -2.23. The van der Waals surface area contributed by atoms with Gasteiger partial charge in [-0.25, -0.2) is 23.3 Å². The predicted molar refractivity (Wildman–Crippen MR) is 120 cm³/mol. The first-order valence-corrected chi connectivity index (χ1v) is 11.7.